The van der Waals surface area contributed by atoms with Gasteiger partial charge in [0.2, 0.25) is 0 Å². The van der Waals surface area contributed by atoms with Crippen LogP contribution in [0.15, 0.2) is 22.7 Å². The fourth-order valence-electron chi connectivity index (χ4n) is 1.14. The number of hydrogen-bond acceptors (Lipinski definition) is 1. The van der Waals surface area contributed by atoms with Crippen LogP contribution in [0.2, 0.25) is 0 Å². The lowest BCUT2D eigenvalue weighted by molar-refractivity contribution is 0.412. The number of aryl methyl sites for hydroxylation is 1. The molecule has 0 saturated heterocycles. The van der Waals surface area contributed by atoms with Crippen LogP contribution in [0.1, 0.15) is 12.0 Å². The number of rotatable bonds is 4. The first-order valence-electron chi connectivity index (χ1n) is 4.16. The number of ether oxygens (including phenoxy) is 1. The van der Waals surface area contributed by atoms with E-state index >= 15 is 0 Å². The average Bonchev–Trinajstić information content (AvgIpc) is 2.15. The predicted molar refractivity (Wildman–Crippen MR) is 62.8 cm³/mol. The molecule has 1 aromatic carbocycles. The lowest BCUT2D eigenvalue weighted by atomic mass is 10.1. The van der Waals surface area contributed by atoms with Gasteiger partial charge in [0.05, 0.1) is 11.6 Å². The van der Waals surface area contributed by atoms with Gasteiger partial charge in [-0.3, -0.25) is 0 Å². The summed E-state index contributed by atoms with van der Waals surface area (Å²) in [7, 11) is 1.68. The summed E-state index contributed by atoms with van der Waals surface area (Å²) >= 11 is 6.88. The molecule has 0 spiro atoms. The van der Waals surface area contributed by atoms with Crippen LogP contribution in [0.5, 0.6) is 5.75 Å². The number of hydrogen-bond donors (Lipinski definition) is 0. The van der Waals surface area contributed by atoms with E-state index in [9.17, 15) is 0 Å². The topological polar surface area (TPSA) is 9.23 Å². The third-order valence-corrected chi connectivity index (χ3v) is 3.00. The molecule has 0 aromatic heterocycles. The molecular weight excluding hydrogens is 296 g/mol. The smallest absolute Gasteiger partial charge is 0.133 e. The van der Waals surface area contributed by atoms with E-state index in [1.807, 2.05) is 6.07 Å². The van der Waals surface area contributed by atoms with Gasteiger partial charge in [-0.25, -0.2) is 0 Å². The van der Waals surface area contributed by atoms with E-state index in [1.165, 1.54) is 12.0 Å². The Morgan fingerprint density at radius 1 is 1.38 bits per heavy atom. The summed E-state index contributed by atoms with van der Waals surface area (Å²) < 4.78 is 6.18. The summed E-state index contributed by atoms with van der Waals surface area (Å²) in [5, 5.41) is 1.05. The van der Waals surface area contributed by atoms with Crippen molar-refractivity contribution < 1.29 is 4.74 Å². The van der Waals surface area contributed by atoms with Crippen LogP contribution < -0.4 is 4.74 Å². The van der Waals surface area contributed by atoms with Gasteiger partial charge in [0, 0.05) is 5.33 Å². The van der Waals surface area contributed by atoms with Gasteiger partial charge in [-0.2, -0.15) is 0 Å². The standard InChI is InChI=1S/C10H12Br2O/c1-13-10-5-4-8(3-2-6-11)7-9(10)12/h4-5,7H,2-3,6H2,1H3. The highest BCUT2D eigenvalue weighted by molar-refractivity contribution is 9.10. The Kier molecular flexibility index (Phi) is 4.81. The highest BCUT2D eigenvalue weighted by Gasteiger charge is 2.00. The fourth-order valence-corrected chi connectivity index (χ4v) is 2.00. The molecule has 0 fully saturated rings. The van der Waals surface area contributed by atoms with Gasteiger partial charge >= 0.3 is 0 Å². The van der Waals surface area contributed by atoms with Crippen molar-refractivity contribution in [2.75, 3.05) is 12.4 Å². The van der Waals surface area contributed by atoms with Crippen molar-refractivity contribution >= 4 is 31.9 Å². The molecule has 0 N–H and O–H groups in total. The highest BCUT2D eigenvalue weighted by atomic mass is 79.9. The first kappa shape index (κ1) is 11.1. The number of halogens is 2. The molecule has 0 radical (unpaired) electrons. The Morgan fingerprint density at radius 2 is 2.15 bits per heavy atom. The Labute approximate surface area is 95.7 Å². The minimum absolute atomic E-state index is 0.891. The maximum Gasteiger partial charge on any atom is 0.133 e. The molecule has 0 atom stereocenters. The number of methoxy groups -OCH3 is 1. The second-order valence-corrected chi connectivity index (χ2v) is 4.41. The van der Waals surface area contributed by atoms with Crippen molar-refractivity contribution in [2.45, 2.75) is 12.8 Å². The van der Waals surface area contributed by atoms with E-state index in [0.717, 1.165) is 22.0 Å². The van der Waals surface area contributed by atoms with Crippen molar-refractivity contribution in [1.29, 1.82) is 0 Å². The van der Waals surface area contributed by atoms with Crippen molar-refractivity contribution in [3.05, 3.63) is 28.2 Å². The van der Waals surface area contributed by atoms with E-state index in [-0.39, 0.29) is 0 Å². The zero-order chi connectivity index (χ0) is 9.68. The summed E-state index contributed by atoms with van der Waals surface area (Å²) in [5.74, 6) is 0.891. The van der Waals surface area contributed by atoms with Crippen molar-refractivity contribution in [3.63, 3.8) is 0 Å². The monoisotopic (exact) mass is 306 g/mol. The second-order valence-electron chi connectivity index (χ2n) is 2.76. The molecule has 0 unspecified atom stereocenters. The SMILES string of the molecule is COc1ccc(CCCBr)cc1Br. The van der Waals surface area contributed by atoms with Crippen LogP contribution in [0.3, 0.4) is 0 Å². The molecule has 0 aliphatic carbocycles. The van der Waals surface area contributed by atoms with Gasteiger partial charge in [-0.15, -0.1) is 0 Å². The van der Waals surface area contributed by atoms with Gasteiger partial charge in [0.15, 0.2) is 0 Å². The first-order valence-corrected chi connectivity index (χ1v) is 6.07. The van der Waals surface area contributed by atoms with Crippen LogP contribution >= 0.6 is 31.9 Å². The molecule has 1 rings (SSSR count). The summed E-state index contributed by atoms with van der Waals surface area (Å²) in [4.78, 5) is 0. The quantitative estimate of drug-likeness (QED) is 0.769. The average molecular weight is 308 g/mol. The lowest BCUT2D eigenvalue weighted by Gasteiger charge is -2.05. The Balaban J connectivity index is 2.71. The van der Waals surface area contributed by atoms with Gasteiger partial charge in [0.1, 0.15) is 5.75 Å². The summed E-state index contributed by atoms with van der Waals surface area (Å²) in [5.41, 5.74) is 1.34. The molecule has 13 heavy (non-hydrogen) atoms. The van der Waals surface area contributed by atoms with Crippen molar-refractivity contribution in [3.8, 4) is 5.75 Å². The fraction of sp³-hybridized carbons (Fsp3) is 0.400. The maximum absolute atomic E-state index is 5.15. The van der Waals surface area contributed by atoms with Gasteiger partial charge < -0.3 is 4.74 Å². The molecule has 72 valence electrons. The molecule has 1 aromatic rings. The molecule has 0 aliphatic heterocycles. The van der Waals surface area contributed by atoms with E-state index in [1.54, 1.807) is 7.11 Å². The second kappa shape index (κ2) is 5.66. The predicted octanol–water partition coefficient (Wildman–Crippen LogP) is 3.79. The van der Waals surface area contributed by atoms with E-state index in [2.05, 4.69) is 44.0 Å². The van der Waals surface area contributed by atoms with Crippen molar-refractivity contribution in [1.82, 2.24) is 0 Å². The molecule has 0 aliphatic rings. The molecule has 0 amide bonds. The summed E-state index contributed by atoms with van der Waals surface area (Å²) in [6.07, 6.45) is 2.27. The maximum atomic E-state index is 5.15. The minimum atomic E-state index is 0.891. The number of alkyl halides is 1. The third-order valence-electron chi connectivity index (χ3n) is 1.82. The van der Waals surface area contributed by atoms with Crippen LogP contribution in [0, 0.1) is 0 Å². The van der Waals surface area contributed by atoms with Gasteiger partial charge in [0.25, 0.3) is 0 Å². The zero-order valence-electron chi connectivity index (χ0n) is 7.52. The Bertz CT molecular complexity index is 274. The lowest BCUT2D eigenvalue weighted by Crippen LogP contribution is -1.89. The molecule has 0 saturated carbocycles. The minimum Gasteiger partial charge on any atom is -0.496 e. The van der Waals surface area contributed by atoms with Gasteiger partial charge in [-0.05, 0) is 46.5 Å². The highest BCUT2D eigenvalue weighted by Crippen LogP contribution is 2.25. The summed E-state index contributed by atoms with van der Waals surface area (Å²) in [6.45, 7) is 0. The molecule has 3 heteroatoms. The molecular formula is C10H12Br2O. The van der Waals surface area contributed by atoms with Gasteiger partial charge in [-0.1, -0.05) is 22.0 Å². The van der Waals surface area contributed by atoms with E-state index in [0.29, 0.717) is 0 Å². The van der Waals surface area contributed by atoms with Crippen molar-refractivity contribution in [2.24, 2.45) is 0 Å². The first-order chi connectivity index (χ1) is 6.27. The molecule has 1 nitrogen and oxygen atoms in total. The Hall–Kier alpha value is -0.0200. The third kappa shape index (κ3) is 3.31. The normalized spacial score (nSPS) is 10.1. The Morgan fingerprint density at radius 3 is 2.69 bits per heavy atom. The van der Waals surface area contributed by atoms with E-state index in [4.69, 9.17) is 4.74 Å². The molecule has 0 bridgehead atoms. The zero-order valence-corrected chi connectivity index (χ0v) is 10.7. The largest absolute Gasteiger partial charge is 0.496 e. The number of benzene rings is 1. The van der Waals surface area contributed by atoms with E-state index < -0.39 is 0 Å². The van der Waals surface area contributed by atoms with Crippen LogP contribution in [-0.2, 0) is 6.42 Å². The summed E-state index contributed by atoms with van der Waals surface area (Å²) in [6, 6.07) is 6.21. The van der Waals surface area contributed by atoms with Crippen LogP contribution in [0.25, 0.3) is 0 Å². The van der Waals surface area contributed by atoms with Crippen LogP contribution in [-0.4, -0.2) is 12.4 Å². The molecule has 0 heterocycles. The van der Waals surface area contributed by atoms with Crippen LogP contribution in [0.4, 0.5) is 0 Å².